The average molecular weight is 308 g/mol. The van der Waals surface area contributed by atoms with Crippen LogP contribution in [0.1, 0.15) is 21.1 Å². The van der Waals surface area contributed by atoms with Crippen LogP contribution in [0.3, 0.4) is 0 Å². The van der Waals surface area contributed by atoms with Crippen LogP contribution in [0.5, 0.6) is 0 Å². The minimum atomic E-state index is -0.505. The molecule has 0 atom stereocenters. The first-order valence-corrected chi connectivity index (χ1v) is 7.19. The summed E-state index contributed by atoms with van der Waals surface area (Å²) in [6.45, 7) is 0.957. The SMILES string of the molecule is CNOC(=O)c1nc(COCOCc2ccccc2)cs1. The molecule has 1 N–H and O–H groups in total. The molecule has 112 valence electrons. The highest BCUT2D eigenvalue weighted by Crippen LogP contribution is 2.11. The number of nitrogens with one attached hydrogen (secondary N) is 1. The third kappa shape index (κ3) is 5.24. The maximum Gasteiger partial charge on any atom is 0.386 e. The molecule has 1 heterocycles. The molecule has 0 radical (unpaired) electrons. The van der Waals surface area contributed by atoms with Gasteiger partial charge in [-0.1, -0.05) is 30.3 Å². The van der Waals surface area contributed by atoms with Crippen LogP contribution in [0, 0.1) is 0 Å². The number of thiazole rings is 1. The highest BCUT2D eigenvalue weighted by Gasteiger charge is 2.12. The molecule has 1 aromatic heterocycles. The topological polar surface area (TPSA) is 69.7 Å². The van der Waals surface area contributed by atoms with E-state index in [0.29, 0.717) is 12.3 Å². The number of hydroxylamine groups is 1. The highest BCUT2D eigenvalue weighted by molar-refractivity contribution is 7.11. The number of carbonyl (C=O) groups is 1. The van der Waals surface area contributed by atoms with Gasteiger partial charge in [0, 0.05) is 12.4 Å². The van der Waals surface area contributed by atoms with Crippen LogP contribution in [0.4, 0.5) is 0 Å². The van der Waals surface area contributed by atoms with Gasteiger partial charge in [-0.25, -0.2) is 9.78 Å². The van der Waals surface area contributed by atoms with E-state index in [1.165, 1.54) is 18.4 Å². The van der Waals surface area contributed by atoms with Crippen molar-refractivity contribution in [3.8, 4) is 0 Å². The van der Waals surface area contributed by atoms with Gasteiger partial charge in [0.25, 0.3) is 0 Å². The number of rotatable bonds is 8. The molecule has 0 spiro atoms. The normalized spacial score (nSPS) is 10.5. The second kappa shape index (κ2) is 8.48. The lowest BCUT2D eigenvalue weighted by Gasteiger charge is -2.04. The molecule has 0 saturated carbocycles. The molecule has 1 aromatic carbocycles. The van der Waals surface area contributed by atoms with Crippen LogP contribution in [0.15, 0.2) is 35.7 Å². The van der Waals surface area contributed by atoms with Crippen molar-refractivity contribution in [1.82, 2.24) is 10.5 Å². The number of nitrogens with zero attached hydrogens (tertiary/aromatic N) is 1. The zero-order valence-electron chi connectivity index (χ0n) is 11.6. The maximum absolute atomic E-state index is 11.4. The summed E-state index contributed by atoms with van der Waals surface area (Å²) in [5.41, 5.74) is 4.08. The number of carbonyl (C=O) groups excluding carboxylic acids is 1. The zero-order chi connectivity index (χ0) is 14.9. The van der Waals surface area contributed by atoms with E-state index < -0.39 is 5.97 Å². The lowest BCUT2D eigenvalue weighted by atomic mass is 10.2. The molecule has 2 rings (SSSR count). The Labute approximate surface area is 126 Å². The fourth-order valence-electron chi connectivity index (χ4n) is 1.54. The van der Waals surface area contributed by atoms with Gasteiger partial charge in [-0.05, 0) is 5.56 Å². The molecular formula is C14H16N2O4S. The molecule has 0 unspecified atom stereocenters. The molecule has 6 nitrogen and oxygen atoms in total. The van der Waals surface area contributed by atoms with Gasteiger partial charge in [-0.3, -0.25) is 0 Å². The molecule has 7 heteroatoms. The van der Waals surface area contributed by atoms with E-state index in [2.05, 4.69) is 15.3 Å². The van der Waals surface area contributed by atoms with Gasteiger partial charge in [-0.15, -0.1) is 11.3 Å². The second-order valence-corrected chi connectivity index (χ2v) is 4.90. The van der Waals surface area contributed by atoms with Crippen molar-refractivity contribution in [2.75, 3.05) is 13.8 Å². The average Bonchev–Trinajstić information content (AvgIpc) is 2.97. The van der Waals surface area contributed by atoms with Gasteiger partial charge in [-0.2, -0.15) is 5.48 Å². The first-order chi connectivity index (χ1) is 10.3. The molecule has 0 aliphatic carbocycles. The largest absolute Gasteiger partial charge is 0.386 e. The van der Waals surface area contributed by atoms with E-state index >= 15 is 0 Å². The summed E-state index contributed by atoms with van der Waals surface area (Å²) in [5.74, 6) is -0.505. The van der Waals surface area contributed by atoms with Crippen molar-refractivity contribution < 1.29 is 19.1 Å². The fraction of sp³-hybridized carbons (Fsp3) is 0.286. The Kier molecular flexibility index (Phi) is 6.29. The fourth-order valence-corrected chi connectivity index (χ4v) is 2.22. The van der Waals surface area contributed by atoms with Crippen molar-refractivity contribution in [2.24, 2.45) is 0 Å². The standard InChI is InChI=1S/C14H16N2O4S/c1-15-20-14(17)13-16-12(9-21-13)8-19-10-18-7-11-5-3-2-4-6-11/h2-6,9,15H,7-8,10H2,1H3. The predicted molar refractivity (Wildman–Crippen MR) is 77.5 cm³/mol. The molecule has 0 amide bonds. The Morgan fingerprint density at radius 3 is 2.76 bits per heavy atom. The Hall–Kier alpha value is -1.80. The maximum atomic E-state index is 11.4. The molecule has 2 aromatic rings. The molecule has 21 heavy (non-hydrogen) atoms. The van der Waals surface area contributed by atoms with E-state index in [4.69, 9.17) is 9.47 Å². The van der Waals surface area contributed by atoms with Crippen LogP contribution in [0.25, 0.3) is 0 Å². The van der Waals surface area contributed by atoms with Crippen LogP contribution in [0.2, 0.25) is 0 Å². The third-order valence-electron chi connectivity index (χ3n) is 2.45. The third-order valence-corrected chi connectivity index (χ3v) is 3.32. The monoisotopic (exact) mass is 308 g/mol. The first kappa shape index (κ1) is 15.6. The van der Waals surface area contributed by atoms with Crippen LogP contribution in [-0.4, -0.2) is 24.8 Å². The zero-order valence-corrected chi connectivity index (χ0v) is 12.4. The van der Waals surface area contributed by atoms with Crippen molar-refractivity contribution in [3.63, 3.8) is 0 Å². The number of ether oxygens (including phenoxy) is 2. The molecule has 0 aliphatic heterocycles. The smallest absolute Gasteiger partial charge is 0.365 e. The van der Waals surface area contributed by atoms with E-state index in [-0.39, 0.29) is 18.4 Å². The molecule has 0 aliphatic rings. The molecule has 0 fully saturated rings. The summed E-state index contributed by atoms with van der Waals surface area (Å²) in [6.07, 6.45) is 0. The second-order valence-electron chi connectivity index (χ2n) is 4.04. The van der Waals surface area contributed by atoms with Crippen molar-refractivity contribution >= 4 is 17.3 Å². The van der Waals surface area contributed by atoms with Crippen molar-refractivity contribution in [2.45, 2.75) is 13.2 Å². The summed E-state index contributed by atoms with van der Waals surface area (Å²) in [5, 5.41) is 2.04. The van der Waals surface area contributed by atoms with Gasteiger partial charge in [0.05, 0.1) is 18.9 Å². The highest BCUT2D eigenvalue weighted by atomic mass is 32.1. The minimum Gasteiger partial charge on any atom is -0.365 e. The van der Waals surface area contributed by atoms with Crippen molar-refractivity contribution in [3.05, 3.63) is 52.0 Å². The van der Waals surface area contributed by atoms with Crippen molar-refractivity contribution in [1.29, 1.82) is 0 Å². The van der Waals surface area contributed by atoms with Gasteiger partial charge in [0.15, 0.2) is 0 Å². The van der Waals surface area contributed by atoms with Crippen LogP contribution in [-0.2, 0) is 27.5 Å². The minimum absolute atomic E-state index is 0.169. The van der Waals surface area contributed by atoms with E-state index in [1.54, 1.807) is 5.38 Å². The summed E-state index contributed by atoms with van der Waals surface area (Å²) in [7, 11) is 1.51. The summed E-state index contributed by atoms with van der Waals surface area (Å²) in [6, 6.07) is 9.85. The van der Waals surface area contributed by atoms with Crippen LogP contribution >= 0.6 is 11.3 Å². The van der Waals surface area contributed by atoms with E-state index in [0.717, 1.165) is 5.56 Å². The lowest BCUT2D eigenvalue weighted by Crippen LogP contribution is -2.15. The summed E-state index contributed by atoms with van der Waals surface area (Å²) >= 11 is 1.21. The molecule has 0 bridgehead atoms. The first-order valence-electron chi connectivity index (χ1n) is 6.31. The van der Waals surface area contributed by atoms with E-state index in [9.17, 15) is 4.79 Å². The number of hydrogen-bond acceptors (Lipinski definition) is 7. The van der Waals surface area contributed by atoms with Gasteiger partial charge in [0.1, 0.15) is 6.79 Å². The summed E-state index contributed by atoms with van der Waals surface area (Å²) < 4.78 is 10.7. The number of aromatic nitrogens is 1. The Bertz CT molecular complexity index is 559. The quantitative estimate of drug-likeness (QED) is 0.458. The predicted octanol–water partition coefficient (Wildman–Crippen LogP) is 2.13. The van der Waals surface area contributed by atoms with E-state index in [1.807, 2.05) is 30.3 Å². The summed E-state index contributed by atoms with van der Waals surface area (Å²) in [4.78, 5) is 20.1. The van der Waals surface area contributed by atoms with Gasteiger partial charge in [0.2, 0.25) is 5.01 Å². The van der Waals surface area contributed by atoms with Gasteiger partial charge < -0.3 is 14.3 Å². The molecular weight excluding hydrogens is 292 g/mol. The Morgan fingerprint density at radius 1 is 1.24 bits per heavy atom. The van der Waals surface area contributed by atoms with Crippen LogP contribution < -0.4 is 5.48 Å². The number of hydrogen-bond donors (Lipinski definition) is 1. The Balaban J connectivity index is 1.66. The lowest BCUT2D eigenvalue weighted by molar-refractivity contribution is -0.0696. The van der Waals surface area contributed by atoms with Gasteiger partial charge >= 0.3 is 5.97 Å². The molecule has 0 saturated heterocycles. The Morgan fingerprint density at radius 2 is 2.00 bits per heavy atom. The number of benzene rings is 1.